The third-order valence-corrected chi connectivity index (χ3v) is 7.26. The molecule has 0 fully saturated rings. The quantitative estimate of drug-likeness (QED) is 0.213. The first-order chi connectivity index (χ1) is 16.4. The second-order valence-corrected chi connectivity index (χ2v) is 10.6. The van der Waals surface area contributed by atoms with Crippen molar-refractivity contribution in [3.8, 4) is 5.75 Å². The van der Waals surface area contributed by atoms with Crippen molar-refractivity contribution in [2.75, 3.05) is 25.0 Å². The maximum absolute atomic E-state index is 12.8. The molecule has 3 aromatic rings. The first kappa shape index (κ1) is 24.9. The summed E-state index contributed by atoms with van der Waals surface area (Å²) in [7, 11) is -4.04. The zero-order chi connectivity index (χ0) is 24.1. The molecule has 0 aliphatic carbocycles. The predicted octanol–water partition coefficient (Wildman–Crippen LogP) is 3.39. The molecule has 10 nitrogen and oxygen atoms in total. The number of fused-ring (bicyclic) bond motifs is 1. The molecule has 1 aromatic heterocycles. The van der Waals surface area contributed by atoms with E-state index in [9.17, 15) is 8.42 Å². The van der Waals surface area contributed by atoms with Crippen molar-refractivity contribution in [2.24, 2.45) is 0 Å². The molecule has 0 saturated carbocycles. The van der Waals surface area contributed by atoms with Crippen molar-refractivity contribution in [3.63, 3.8) is 0 Å². The number of nitrogens with one attached hydrogen (secondary N) is 4. The monoisotopic (exact) mass is 543 g/mol. The van der Waals surface area contributed by atoms with Gasteiger partial charge in [0.1, 0.15) is 16.7 Å². The van der Waals surface area contributed by atoms with Gasteiger partial charge >= 0.3 is 10.2 Å². The van der Waals surface area contributed by atoms with Crippen LogP contribution in [0, 0.1) is 0 Å². The highest BCUT2D eigenvalue weighted by Gasteiger charge is 2.24. The molecule has 0 bridgehead atoms. The first-order valence-electron chi connectivity index (χ1n) is 10.3. The van der Waals surface area contributed by atoms with Gasteiger partial charge in [0.2, 0.25) is 0 Å². The lowest BCUT2D eigenvalue weighted by Gasteiger charge is -2.16. The number of aromatic nitrogens is 2. The second kappa shape index (κ2) is 11.0. The Morgan fingerprint density at radius 1 is 1.21 bits per heavy atom. The number of hydrazine groups is 2. The van der Waals surface area contributed by atoms with Crippen LogP contribution in [0.5, 0.6) is 5.75 Å². The molecule has 14 heteroatoms. The van der Waals surface area contributed by atoms with Crippen LogP contribution in [-0.4, -0.2) is 41.8 Å². The van der Waals surface area contributed by atoms with Crippen LogP contribution in [0.25, 0.3) is 10.9 Å². The lowest BCUT2D eigenvalue weighted by molar-refractivity contribution is 0.310. The molecule has 1 aliphatic rings. The summed E-state index contributed by atoms with van der Waals surface area (Å²) in [5.41, 5.74) is 4.84. The van der Waals surface area contributed by atoms with Crippen LogP contribution < -0.4 is 25.6 Å². The standard InChI is InChI=1S/C20H23Cl2N7O3S2/c1-2-23-8-9-24-17-7-6-15(21)10-14(17)13-32-19-5-3-4-18-16(19)11-25-28(18)34(30,31)27-29-26-12-20(22)33-29/h3-7,10-12,23-24,26-27H,2,8-9,13H2,1H3. The number of hydrogen-bond acceptors (Lipinski definition) is 9. The van der Waals surface area contributed by atoms with Gasteiger partial charge in [-0.25, -0.2) is 0 Å². The number of halogens is 2. The first-order valence-corrected chi connectivity index (χ1v) is 13.3. The van der Waals surface area contributed by atoms with E-state index in [2.05, 4.69) is 32.9 Å². The van der Waals surface area contributed by atoms with Crippen molar-refractivity contribution in [2.45, 2.75) is 13.5 Å². The fourth-order valence-electron chi connectivity index (χ4n) is 3.23. The zero-order valence-corrected chi connectivity index (χ0v) is 21.2. The summed E-state index contributed by atoms with van der Waals surface area (Å²) in [5.74, 6) is 0.496. The Bertz CT molecular complexity index is 1300. The van der Waals surface area contributed by atoms with Gasteiger partial charge in [-0.2, -0.15) is 13.5 Å². The minimum Gasteiger partial charge on any atom is -0.488 e. The molecule has 4 rings (SSSR count). The molecule has 0 radical (unpaired) electrons. The van der Waals surface area contributed by atoms with E-state index < -0.39 is 10.2 Å². The number of rotatable bonds is 11. The molecule has 4 N–H and O–H groups in total. The number of anilines is 1. The summed E-state index contributed by atoms with van der Waals surface area (Å²) >= 11 is 13.0. The normalized spacial score (nSPS) is 14.3. The van der Waals surface area contributed by atoms with E-state index in [0.29, 0.717) is 26.0 Å². The molecule has 0 amide bonds. The van der Waals surface area contributed by atoms with Gasteiger partial charge in [-0.15, -0.1) is 8.92 Å². The average molecular weight is 544 g/mol. The Labute approximate surface area is 211 Å². The topological polar surface area (TPSA) is 113 Å². The van der Waals surface area contributed by atoms with Gasteiger partial charge in [-0.3, -0.25) is 5.43 Å². The summed E-state index contributed by atoms with van der Waals surface area (Å²) in [4.78, 5) is 2.35. The van der Waals surface area contributed by atoms with Gasteiger partial charge in [-0.1, -0.05) is 40.7 Å². The van der Waals surface area contributed by atoms with Crippen LogP contribution in [-0.2, 0) is 16.8 Å². The highest BCUT2D eigenvalue weighted by Crippen LogP contribution is 2.30. The second-order valence-electron chi connectivity index (χ2n) is 7.11. The molecule has 2 aromatic carbocycles. The third kappa shape index (κ3) is 5.89. The summed E-state index contributed by atoms with van der Waals surface area (Å²) in [6.07, 6.45) is 2.91. The highest BCUT2D eigenvalue weighted by atomic mass is 35.5. The molecule has 0 saturated heterocycles. The van der Waals surface area contributed by atoms with Crippen molar-refractivity contribution >= 4 is 61.9 Å². The SMILES string of the molecule is CCNCCNc1ccc(Cl)cc1COc1cccc2c1cnn2S(=O)(=O)NN1NC=C(Cl)S1. The zero-order valence-electron chi connectivity index (χ0n) is 18.1. The summed E-state index contributed by atoms with van der Waals surface area (Å²) in [6.45, 7) is 4.77. The number of hydrogen-bond donors (Lipinski definition) is 4. The van der Waals surface area contributed by atoms with E-state index in [-0.39, 0.29) is 6.61 Å². The Kier molecular flexibility index (Phi) is 8.09. The molecule has 0 spiro atoms. The van der Waals surface area contributed by atoms with Crippen LogP contribution in [0.15, 0.2) is 53.2 Å². The third-order valence-electron chi connectivity index (χ3n) is 4.76. The smallest absolute Gasteiger partial charge is 0.336 e. The van der Waals surface area contributed by atoms with Gasteiger partial charge in [-0.05, 0) is 36.9 Å². The Balaban J connectivity index is 1.51. The summed E-state index contributed by atoms with van der Waals surface area (Å²) < 4.78 is 34.2. The molecule has 1 aliphatic heterocycles. The average Bonchev–Trinajstić information content (AvgIpc) is 3.42. The molecule has 34 heavy (non-hydrogen) atoms. The van der Waals surface area contributed by atoms with Crippen molar-refractivity contribution in [1.29, 1.82) is 0 Å². The van der Waals surface area contributed by atoms with E-state index in [1.54, 1.807) is 18.2 Å². The van der Waals surface area contributed by atoms with Crippen molar-refractivity contribution in [1.82, 2.24) is 29.3 Å². The fraction of sp³-hybridized carbons (Fsp3) is 0.250. The maximum atomic E-state index is 12.8. The molecule has 0 unspecified atom stereocenters. The van der Waals surface area contributed by atoms with E-state index in [0.717, 1.165) is 51.4 Å². The van der Waals surface area contributed by atoms with Gasteiger partial charge in [0, 0.05) is 47.5 Å². The summed E-state index contributed by atoms with van der Waals surface area (Å²) in [5, 5.41) is 11.9. The van der Waals surface area contributed by atoms with Gasteiger partial charge in [0.25, 0.3) is 0 Å². The molecule has 0 atom stereocenters. The number of benzene rings is 2. The molecular formula is C20H23Cl2N7O3S2. The van der Waals surface area contributed by atoms with Gasteiger partial charge in [0.15, 0.2) is 0 Å². The van der Waals surface area contributed by atoms with Crippen LogP contribution in [0.3, 0.4) is 0 Å². The van der Waals surface area contributed by atoms with Crippen molar-refractivity contribution in [3.05, 3.63) is 63.7 Å². The minimum absolute atomic E-state index is 0.234. The number of likely N-dealkylation sites (N-methyl/N-ethyl adjacent to an activating group) is 1. The lowest BCUT2D eigenvalue weighted by Crippen LogP contribution is -2.44. The van der Waals surface area contributed by atoms with E-state index >= 15 is 0 Å². The summed E-state index contributed by atoms with van der Waals surface area (Å²) in [6, 6.07) is 10.7. The Hall–Kier alpha value is -2.19. The Morgan fingerprint density at radius 3 is 2.82 bits per heavy atom. The number of nitrogens with zero attached hydrogens (tertiary/aromatic N) is 3. The van der Waals surface area contributed by atoms with Gasteiger partial charge < -0.3 is 15.4 Å². The Morgan fingerprint density at radius 2 is 2.06 bits per heavy atom. The van der Waals surface area contributed by atoms with E-state index in [4.69, 9.17) is 27.9 Å². The maximum Gasteiger partial charge on any atom is 0.336 e. The molecular weight excluding hydrogens is 521 g/mol. The predicted molar refractivity (Wildman–Crippen MR) is 137 cm³/mol. The fourth-order valence-corrected chi connectivity index (χ4v) is 5.42. The van der Waals surface area contributed by atoms with Crippen LogP contribution >= 0.6 is 35.1 Å². The van der Waals surface area contributed by atoms with Gasteiger partial charge in [0.05, 0.1) is 17.1 Å². The van der Waals surface area contributed by atoms with E-state index in [1.807, 2.05) is 18.2 Å². The molecule has 2 heterocycles. The van der Waals surface area contributed by atoms with Crippen LogP contribution in [0.2, 0.25) is 5.02 Å². The largest absolute Gasteiger partial charge is 0.488 e. The van der Waals surface area contributed by atoms with Crippen LogP contribution in [0.4, 0.5) is 5.69 Å². The van der Waals surface area contributed by atoms with Crippen molar-refractivity contribution < 1.29 is 13.2 Å². The van der Waals surface area contributed by atoms with E-state index in [1.165, 1.54) is 12.4 Å². The van der Waals surface area contributed by atoms with Crippen LogP contribution in [0.1, 0.15) is 12.5 Å². The number of ether oxygens (including phenoxy) is 1. The highest BCUT2D eigenvalue weighted by molar-refractivity contribution is 8.03. The minimum atomic E-state index is -4.04. The lowest BCUT2D eigenvalue weighted by atomic mass is 10.2. The molecule has 182 valence electrons.